The Hall–Kier alpha value is -4.16. The number of hydrogen-bond donors (Lipinski definition) is 0. The lowest BCUT2D eigenvalue weighted by Crippen LogP contribution is -2.40. The van der Waals surface area contributed by atoms with Crippen LogP contribution in [0.15, 0.2) is 64.2 Å². The van der Waals surface area contributed by atoms with Gasteiger partial charge in [-0.1, -0.05) is 44.2 Å². The van der Waals surface area contributed by atoms with Crippen LogP contribution in [0, 0.1) is 11.3 Å². The van der Waals surface area contributed by atoms with Crippen molar-refractivity contribution >= 4 is 11.2 Å². The maximum Gasteiger partial charge on any atom is 0.332 e. The van der Waals surface area contributed by atoms with Gasteiger partial charge in [0.25, 0.3) is 5.56 Å². The summed E-state index contributed by atoms with van der Waals surface area (Å²) in [5, 5.41) is 8.76. The summed E-state index contributed by atoms with van der Waals surface area (Å²) in [6.07, 6.45) is 1.37. The molecule has 0 aliphatic heterocycles. The summed E-state index contributed by atoms with van der Waals surface area (Å²) < 4.78 is 16.0. The Kier molecular flexibility index (Phi) is 7.98. The van der Waals surface area contributed by atoms with Crippen LogP contribution in [-0.4, -0.2) is 25.3 Å². The topological polar surface area (TPSA) is 104 Å². The van der Waals surface area contributed by atoms with Crippen LogP contribution in [0.3, 0.4) is 0 Å². The molecule has 2 heterocycles. The second-order valence-corrected chi connectivity index (χ2v) is 8.36. The highest BCUT2D eigenvalue weighted by Gasteiger charge is 2.22. The highest BCUT2D eigenvalue weighted by Crippen LogP contribution is 2.25. The SMILES string of the molecule is CCCn1c(=O)c2c(nc(-c3ccc(OCC#N)cc3)n2COCc2ccccc2)n(CCC)c1=O. The molecule has 36 heavy (non-hydrogen) atoms. The number of imidazole rings is 1. The van der Waals surface area contributed by atoms with Crippen LogP contribution >= 0.6 is 0 Å². The first-order chi connectivity index (χ1) is 17.6. The zero-order chi connectivity index (χ0) is 25.5. The minimum Gasteiger partial charge on any atom is -0.479 e. The summed E-state index contributed by atoms with van der Waals surface area (Å²) in [6, 6.07) is 18.8. The molecule has 9 nitrogen and oxygen atoms in total. The molecule has 0 fully saturated rings. The van der Waals surface area contributed by atoms with Crippen LogP contribution in [0.1, 0.15) is 32.3 Å². The number of hydrogen-bond acceptors (Lipinski definition) is 6. The van der Waals surface area contributed by atoms with E-state index in [9.17, 15) is 9.59 Å². The number of aryl methyl sites for hydroxylation is 1. The Bertz CT molecular complexity index is 1480. The van der Waals surface area contributed by atoms with E-state index < -0.39 is 0 Å². The molecular formula is C27H29N5O4. The van der Waals surface area contributed by atoms with Crippen molar-refractivity contribution in [2.45, 2.75) is 53.1 Å². The molecule has 0 amide bonds. The van der Waals surface area contributed by atoms with E-state index in [0.29, 0.717) is 48.9 Å². The molecule has 0 saturated carbocycles. The third-order valence-electron chi connectivity index (χ3n) is 5.76. The van der Waals surface area contributed by atoms with Gasteiger partial charge < -0.3 is 9.47 Å². The van der Waals surface area contributed by atoms with Gasteiger partial charge in [-0.25, -0.2) is 9.78 Å². The van der Waals surface area contributed by atoms with Crippen LogP contribution in [-0.2, 0) is 31.2 Å². The first-order valence-electron chi connectivity index (χ1n) is 12.0. The van der Waals surface area contributed by atoms with Gasteiger partial charge in [-0.15, -0.1) is 0 Å². The summed E-state index contributed by atoms with van der Waals surface area (Å²) >= 11 is 0. The standard InChI is InChI=1S/C27H29N5O4/c1-3-15-30-25-23(26(33)31(16-4-2)27(30)34)32(19-35-18-20-8-6-5-7-9-20)24(29-25)21-10-12-22(13-11-21)36-17-14-28/h5-13H,3-4,15-19H2,1-2H3. The Morgan fingerprint density at radius 3 is 2.28 bits per heavy atom. The van der Waals surface area contributed by atoms with Crippen molar-refractivity contribution < 1.29 is 9.47 Å². The highest BCUT2D eigenvalue weighted by atomic mass is 16.5. The van der Waals surface area contributed by atoms with E-state index in [1.54, 1.807) is 21.3 Å². The lowest BCUT2D eigenvalue weighted by molar-refractivity contribution is 0.0673. The fourth-order valence-electron chi connectivity index (χ4n) is 4.13. The predicted octanol–water partition coefficient (Wildman–Crippen LogP) is 3.92. The van der Waals surface area contributed by atoms with Gasteiger partial charge >= 0.3 is 5.69 Å². The summed E-state index contributed by atoms with van der Waals surface area (Å²) in [6.45, 7) is 5.08. The summed E-state index contributed by atoms with van der Waals surface area (Å²) in [5.74, 6) is 1.07. The fourth-order valence-corrected chi connectivity index (χ4v) is 4.13. The number of fused-ring (bicyclic) bond motifs is 1. The van der Waals surface area contributed by atoms with Gasteiger partial charge in [0.2, 0.25) is 0 Å². The van der Waals surface area contributed by atoms with Gasteiger partial charge in [-0.3, -0.25) is 18.5 Å². The second-order valence-electron chi connectivity index (χ2n) is 8.36. The van der Waals surface area contributed by atoms with Gasteiger partial charge in [0.05, 0.1) is 6.61 Å². The van der Waals surface area contributed by atoms with E-state index >= 15 is 0 Å². The van der Waals surface area contributed by atoms with E-state index in [2.05, 4.69) is 0 Å². The molecule has 0 spiro atoms. The normalized spacial score (nSPS) is 11.0. The summed E-state index contributed by atoms with van der Waals surface area (Å²) in [5.41, 5.74) is 1.70. The number of ether oxygens (including phenoxy) is 2. The molecule has 2 aromatic carbocycles. The first kappa shape index (κ1) is 24.9. The zero-order valence-corrected chi connectivity index (χ0v) is 20.5. The van der Waals surface area contributed by atoms with E-state index in [1.165, 1.54) is 4.57 Å². The Morgan fingerprint density at radius 1 is 0.917 bits per heavy atom. The quantitative estimate of drug-likeness (QED) is 0.318. The van der Waals surface area contributed by atoms with Gasteiger partial charge in [0.1, 0.15) is 24.4 Å². The van der Waals surface area contributed by atoms with Crippen LogP contribution in [0.4, 0.5) is 0 Å². The molecule has 0 aliphatic rings. The minimum absolute atomic E-state index is 0.0501. The Labute approximate surface area is 208 Å². The molecule has 9 heteroatoms. The van der Waals surface area contributed by atoms with Crippen molar-refractivity contribution in [1.82, 2.24) is 18.7 Å². The Balaban J connectivity index is 1.86. The average Bonchev–Trinajstić information content (AvgIpc) is 3.28. The molecule has 0 N–H and O–H groups in total. The van der Waals surface area contributed by atoms with Crippen LogP contribution in [0.25, 0.3) is 22.6 Å². The van der Waals surface area contributed by atoms with Crippen molar-refractivity contribution in [2.75, 3.05) is 6.61 Å². The van der Waals surface area contributed by atoms with Crippen molar-refractivity contribution in [3.05, 3.63) is 81.0 Å². The molecule has 0 aliphatic carbocycles. The summed E-state index contributed by atoms with van der Waals surface area (Å²) in [7, 11) is 0. The maximum absolute atomic E-state index is 13.5. The van der Waals surface area contributed by atoms with Gasteiger partial charge in [0.15, 0.2) is 17.8 Å². The van der Waals surface area contributed by atoms with Crippen LogP contribution in [0.2, 0.25) is 0 Å². The van der Waals surface area contributed by atoms with E-state index in [-0.39, 0.29) is 24.6 Å². The number of rotatable bonds is 11. The molecule has 4 aromatic rings. The zero-order valence-electron chi connectivity index (χ0n) is 20.5. The van der Waals surface area contributed by atoms with Gasteiger partial charge in [0, 0.05) is 18.7 Å². The van der Waals surface area contributed by atoms with Crippen LogP contribution in [0.5, 0.6) is 5.75 Å². The smallest absolute Gasteiger partial charge is 0.332 e. The van der Waals surface area contributed by atoms with Gasteiger partial charge in [-0.05, 0) is 42.7 Å². The number of aromatic nitrogens is 4. The van der Waals surface area contributed by atoms with Crippen molar-refractivity contribution in [3.8, 4) is 23.2 Å². The third-order valence-corrected chi connectivity index (χ3v) is 5.76. The fraction of sp³-hybridized carbons (Fsp3) is 0.333. The molecule has 2 aromatic heterocycles. The minimum atomic E-state index is -0.375. The number of benzene rings is 2. The molecule has 0 bridgehead atoms. The van der Waals surface area contributed by atoms with Crippen LogP contribution < -0.4 is 16.0 Å². The Morgan fingerprint density at radius 2 is 1.61 bits per heavy atom. The molecular weight excluding hydrogens is 458 g/mol. The van der Waals surface area contributed by atoms with Crippen molar-refractivity contribution in [2.24, 2.45) is 0 Å². The largest absolute Gasteiger partial charge is 0.479 e. The number of nitrogens with zero attached hydrogens (tertiary/aromatic N) is 5. The average molecular weight is 488 g/mol. The molecule has 186 valence electrons. The van der Waals surface area contributed by atoms with E-state index in [0.717, 1.165) is 17.5 Å². The predicted molar refractivity (Wildman–Crippen MR) is 137 cm³/mol. The van der Waals surface area contributed by atoms with Crippen molar-refractivity contribution in [3.63, 3.8) is 0 Å². The monoisotopic (exact) mass is 487 g/mol. The second kappa shape index (κ2) is 11.5. The van der Waals surface area contributed by atoms with Crippen molar-refractivity contribution in [1.29, 1.82) is 5.26 Å². The third kappa shape index (κ3) is 5.09. The highest BCUT2D eigenvalue weighted by molar-refractivity contribution is 5.77. The lowest BCUT2D eigenvalue weighted by Gasteiger charge is -2.13. The first-order valence-corrected chi connectivity index (χ1v) is 12.0. The van der Waals surface area contributed by atoms with E-state index in [4.69, 9.17) is 19.7 Å². The summed E-state index contributed by atoms with van der Waals surface area (Å²) in [4.78, 5) is 31.5. The number of nitriles is 1. The molecule has 0 atom stereocenters. The van der Waals surface area contributed by atoms with E-state index in [1.807, 2.05) is 62.4 Å². The molecule has 0 saturated heterocycles. The van der Waals surface area contributed by atoms with Gasteiger partial charge in [-0.2, -0.15) is 5.26 Å². The molecule has 0 unspecified atom stereocenters. The molecule has 0 radical (unpaired) electrons. The lowest BCUT2D eigenvalue weighted by atomic mass is 10.2. The molecule has 4 rings (SSSR count). The maximum atomic E-state index is 13.5.